The SMILES string of the molecule is CCCn1c(CN)nnc1CC1CC(OCC)C1. The molecular formula is C13H24N4O. The number of nitrogens with zero attached hydrogens (tertiary/aromatic N) is 3. The highest BCUT2D eigenvalue weighted by Crippen LogP contribution is 2.32. The van der Waals surface area contributed by atoms with Gasteiger partial charge in [-0.25, -0.2) is 0 Å². The number of rotatable bonds is 7. The maximum Gasteiger partial charge on any atom is 0.146 e. The van der Waals surface area contributed by atoms with E-state index in [0.29, 0.717) is 18.6 Å². The van der Waals surface area contributed by atoms with Gasteiger partial charge < -0.3 is 15.0 Å². The molecular weight excluding hydrogens is 228 g/mol. The van der Waals surface area contributed by atoms with Gasteiger partial charge in [-0.1, -0.05) is 6.92 Å². The molecule has 0 bridgehead atoms. The van der Waals surface area contributed by atoms with Crippen LogP contribution in [-0.2, 0) is 24.2 Å². The van der Waals surface area contributed by atoms with Crippen molar-refractivity contribution in [3.8, 4) is 0 Å². The molecule has 1 aliphatic rings. The minimum Gasteiger partial charge on any atom is -0.378 e. The summed E-state index contributed by atoms with van der Waals surface area (Å²) in [6.45, 7) is 6.48. The van der Waals surface area contributed by atoms with E-state index in [1.807, 2.05) is 0 Å². The Labute approximate surface area is 109 Å². The summed E-state index contributed by atoms with van der Waals surface area (Å²) in [5.41, 5.74) is 5.69. The molecule has 0 aromatic carbocycles. The number of aromatic nitrogens is 3. The van der Waals surface area contributed by atoms with E-state index in [2.05, 4.69) is 28.6 Å². The van der Waals surface area contributed by atoms with Crippen molar-refractivity contribution in [3.05, 3.63) is 11.6 Å². The zero-order valence-electron chi connectivity index (χ0n) is 11.4. The molecule has 1 saturated carbocycles. The van der Waals surface area contributed by atoms with Crippen LogP contribution < -0.4 is 5.73 Å². The third-order valence-corrected chi connectivity index (χ3v) is 3.60. The molecule has 0 radical (unpaired) electrons. The Morgan fingerprint density at radius 1 is 1.28 bits per heavy atom. The lowest BCUT2D eigenvalue weighted by atomic mass is 9.80. The second-order valence-electron chi connectivity index (χ2n) is 5.01. The highest BCUT2D eigenvalue weighted by molar-refractivity contribution is 4.99. The third-order valence-electron chi connectivity index (χ3n) is 3.60. The Hall–Kier alpha value is -0.940. The summed E-state index contributed by atoms with van der Waals surface area (Å²) >= 11 is 0. The number of ether oxygens (including phenoxy) is 1. The van der Waals surface area contributed by atoms with Gasteiger partial charge in [0.25, 0.3) is 0 Å². The largest absolute Gasteiger partial charge is 0.378 e. The average molecular weight is 252 g/mol. The molecule has 0 amide bonds. The Balaban J connectivity index is 1.91. The molecule has 5 nitrogen and oxygen atoms in total. The van der Waals surface area contributed by atoms with Gasteiger partial charge in [-0.15, -0.1) is 10.2 Å². The van der Waals surface area contributed by atoms with Gasteiger partial charge in [-0.2, -0.15) is 0 Å². The van der Waals surface area contributed by atoms with E-state index in [-0.39, 0.29) is 0 Å². The number of hydrogen-bond donors (Lipinski definition) is 1. The molecule has 0 spiro atoms. The Morgan fingerprint density at radius 2 is 2.00 bits per heavy atom. The first-order chi connectivity index (χ1) is 8.78. The standard InChI is InChI=1S/C13H24N4O/c1-3-5-17-12(15-16-13(17)9-14)8-10-6-11(7-10)18-4-2/h10-11H,3-9,14H2,1-2H3. The molecule has 0 aliphatic heterocycles. The summed E-state index contributed by atoms with van der Waals surface area (Å²) in [5, 5.41) is 8.47. The smallest absolute Gasteiger partial charge is 0.146 e. The number of hydrogen-bond acceptors (Lipinski definition) is 4. The van der Waals surface area contributed by atoms with E-state index < -0.39 is 0 Å². The molecule has 5 heteroatoms. The quantitative estimate of drug-likeness (QED) is 0.798. The normalized spacial score (nSPS) is 23.1. The van der Waals surface area contributed by atoms with Crippen LogP contribution in [0.4, 0.5) is 0 Å². The second-order valence-corrected chi connectivity index (χ2v) is 5.01. The van der Waals surface area contributed by atoms with Gasteiger partial charge in [0.2, 0.25) is 0 Å². The van der Waals surface area contributed by atoms with Crippen LogP contribution in [0.1, 0.15) is 44.8 Å². The van der Waals surface area contributed by atoms with Crippen LogP contribution in [0.3, 0.4) is 0 Å². The second kappa shape index (κ2) is 6.29. The van der Waals surface area contributed by atoms with E-state index in [1.54, 1.807) is 0 Å². The summed E-state index contributed by atoms with van der Waals surface area (Å²) in [6, 6.07) is 0. The van der Waals surface area contributed by atoms with Crippen molar-refractivity contribution in [1.29, 1.82) is 0 Å². The van der Waals surface area contributed by atoms with Crippen LogP contribution in [0.25, 0.3) is 0 Å². The van der Waals surface area contributed by atoms with E-state index in [4.69, 9.17) is 10.5 Å². The zero-order chi connectivity index (χ0) is 13.0. The van der Waals surface area contributed by atoms with Crippen LogP contribution >= 0.6 is 0 Å². The summed E-state index contributed by atoms with van der Waals surface area (Å²) in [5.74, 6) is 2.71. The summed E-state index contributed by atoms with van der Waals surface area (Å²) < 4.78 is 7.78. The van der Waals surface area contributed by atoms with Crippen LogP contribution in [0.15, 0.2) is 0 Å². The summed E-state index contributed by atoms with van der Waals surface area (Å²) in [4.78, 5) is 0. The van der Waals surface area contributed by atoms with E-state index >= 15 is 0 Å². The lowest BCUT2D eigenvalue weighted by Crippen LogP contribution is -2.33. The minimum atomic E-state index is 0.469. The maximum atomic E-state index is 5.69. The van der Waals surface area contributed by atoms with Crippen molar-refractivity contribution in [2.75, 3.05) is 6.61 Å². The lowest BCUT2D eigenvalue weighted by Gasteiger charge is -2.34. The molecule has 2 rings (SSSR count). The van der Waals surface area contributed by atoms with Crippen molar-refractivity contribution >= 4 is 0 Å². The zero-order valence-corrected chi connectivity index (χ0v) is 11.4. The molecule has 102 valence electrons. The van der Waals surface area contributed by atoms with Gasteiger partial charge in [-0.05, 0) is 32.1 Å². The molecule has 0 atom stereocenters. The van der Waals surface area contributed by atoms with E-state index in [1.165, 1.54) is 0 Å². The van der Waals surface area contributed by atoms with Crippen molar-refractivity contribution in [3.63, 3.8) is 0 Å². The van der Waals surface area contributed by atoms with Crippen LogP contribution in [0, 0.1) is 5.92 Å². The van der Waals surface area contributed by atoms with Crippen molar-refractivity contribution in [2.45, 2.75) is 58.7 Å². The van der Waals surface area contributed by atoms with Crippen LogP contribution in [0.2, 0.25) is 0 Å². The van der Waals surface area contributed by atoms with Gasteiger partial charge in [-0.3, -0.25) is 0 Å². The molecule has 1 aromatic rings. The fourth-order valence-electron chi connectivity index (χ4n) is 2.63. The van der Waals surface area contributed by atoms with Gasteiger partial charge in [0.05, 0.1) is 12.6 Å². The van der Waals surface area contributed by atoms with Crippen molar-refractivity contribution in [1.82, 2.24) is 14.8 Å². The summed E-state index contributed by atoms with van der Waals surface area (Å²) in [7, 11) is 0. The van der Waals surface area contributed by atoms with Gasteiger partial charge in [0.1, 0.15) is 11.6 Å². The fourth-order valence-corrected chi connectivity index (χ4v) is 2.63. The highest BCUT2D eigenvalue weighted by Gasteiger charge is 2.31. The Bertz CT molecular complexity index is 371. The van der Waals surface area contributed by atoms with E-state index in [0.717, 1.165) is 50.5 Å². The maximum absolute atomic E-state index is 5.69. The predicted octanol–water partition coefficient (Wildman–Crippen LogP) is 1.50. The molecule has 0 unspecified atom stereocenters. The van der Waals surface area contributed by atoms with Crippen LogP contribution in [0.5, 0.6) is 0 Å². The highest BCUT2D eigenvalue weighted by atomic mass is 16.5. The third kappa shape index (κ3) is 2.90. The minimum absolute atomic E-state index is 0.469. The molecule has 1 aromatic heterocycles. The first kappa shape index (κ1) is 13.5. The average Bonchev–Trinajstić information content (AvgIpc) is 2.70. The van der Waals surface area contributed by atoms with Crippen molar-refractivity contribution in [2.24, 2.45) is 11.7 Å². The first-order valence-corrected chi connectivity index (χ1v) is 7.01. The van der Waals surface area contributed by atoms with Crippen LogP contribution in [-0.4, -0.2) is 27.5 Å². The molecule has 1 fully saturated rings. The summed E-state index contributed by atoms with van der Waals surface area (Å²) in [6.07, 6.45) is 4.88. The first-order valence-electron chi connectivity index (χ1n) is 7.01. The number of nitrogens with two attached hydrogens (primary N) is 1. The van der Waals surface area contributed by atoms with Gasteiger partial charge in [0, 0.05) is 19.6 Å². The fraction of sp³-hybridized carbons (Fsp3) is 0.846. The topological polar surface area (TPSA) is 66.0 Å². The predicted molar refractivity (Wildman–Crippen MR) is 70.0 cm³/mol. The molecule has 18 heavy (non-hydrogen) atoms. The molecule has 1 aliphatic carbocycles. The van der Waals surface area contributed by atoms with Gasteiger partial charge in [0.15, 0.2) is 0 Å². The lowest BCUT2D eigenvalue weighted by molar-refractivity contribution is -0.0247. The molecule has 2 N–H and O–H groups in total. The molecule has 0 saturated heterocycles. The van der Waals surface area contributed by atoms with E-state index in [9.17, 15) is 0 Å². The Morgan fingerprint density at radius 3 is 2.61 bits per heavy atom. The van der Waals surface area contributed by atoms with Crippen molar-refractivity contribution < 1.29 is 4.74 Å². The monoisotopic (exact) mass is 252 g/mol. The Kier molecular flexibility index (Phi) is 4.72. The van der Waals surface area contributed by atoms with Gasteiger partial charge >= 0.3 is 0 Å². The molecule has 1 heterocycles.